The summed E-state index contributed by atoms with van der Waals surface area (Å²) in [5.41, 5.74) is 0. The van der Waals surface area contributed by atoms with Crippen LogP contribution in [0.15, 0.2) is 0 Å². The average Bonchev–Trinajstić information content (AvgIpc) is 2.28. The zero-order chi connectivity index (χ0) is 10.1. The highest BCUT2D eigenvalue weighted by Crippen LogP contribution is 2.08. The number of halogens is 1. The number of hydrogen-bond acceptors (Lipinski definition) is 4. The zero-order valence-electron chi connectivity index (χ0n) is 7.36. The molecule has 0 aliphatic heterocycles. The van der Waals surface area contributed by atoms with Gasteiger partial charge in [-0.25, -0.2) is 8.42 Å². The minimum Gasteiger partial charge on any atom is -0.315 e. The molecule has 13 heavy (non-hydrogen) atoms. The van der Waals surface area contributed by atoms with Crippen LogP contribution < -0.4 is 0 Å². The van der Waals surface area contributed by atoms with Gasteiger partial charge in [0.25, 0.3) is 0 Å². The lowest BCUT2D eigenvalue weighted by molar-refractivity contribution is 0.603. The second-order valence-electron chi connectivity index (χ2n) is 2.59. The van der Waals surface area contributed by atoms with Crippen molar-refractivity contribution in [2.45, 2.75) is 26.1 Å². The third kappa shape index (κ3) is 2.67. The van der Waals surface area contributed by atoms with E-state index >= 15 is 0 Å². The summed E-state index contributed by atoms with van der Waals surface area (Å²) in [5, 5.41) is 7.48. The SMILES string of the molecule is CCn1c(C)nnc1CS(=O)(=O)Cl. The number of aryl methyl sites for hydroxylation is 1. The minimum absolute atomic E-state index is 0.275. The maximum Gasteiger partial charge on any atom is 0.239 e. The summed E-state index contributed by atoms with van der Waals surface area (Å²) >= 11 is 0. The monoisotopic (exact) mass is 223 g/mol. The molecule has 0 bridgehead atoms. The molecule has 0 atom stereocenters. The first-order chi connectivity index (χ1) is 5.94. The summed E-state index contributed by atoms with van der Waals surface area (Å²) < 4.78 is 23.2. The zero-order valence-corrected chi connectivity index (χ0v) is 8.93. The summed E-state index contributed by atoms with van der Waals surface area (Å²) in [6, 6.07) is 0. The lowest BCUT2D eigenvalue weighted by atomic mass is 10.5. The van der Waals surface area contributed by atoms with E-state index in [9.17, 15) is 8.42 Å². The molecule has 74 valence electrons. The van der Waals surface area contributed by atoms with Crippen LogP contribution >= 0.6 is 10.7 Å². The highest BCUT2D eigenvalue weighted by atomic mass is 35.7. The van der Waals surface area contributed by atoms with Crippen LogP contribution in [-0.4, -0.2) is 23.2 Å². The maximum absolute atomic E-state index is 10.8. The Morgan fingerprint density at radius 3 is 2.54 bits per heavy atom. The van der Waals surface area contributed by atoms with Crippen LogP contribution in [0.3, 0.4) is 0 Å². The van der Waals surface area contributed by atoms with E-state index in [1.807, 2.05) is 6.92 Å². The lowest BCUT2D eigenvalue weighted by Crippen LogP contribution is -2.07. The quantitative estimate of drug-likeness (QED) is 0.707. The largest absolute Gasteiger partial charge is 0.315 e. The van der Waals surface area contributed by atoms with Gasteiger partial charge in [0.1, 0.15) is 17.4 Å². The second-order valence-corrected chi connectivity index (χ2v) is 5.37. The van der Waals surface area contributed by atoms with E-state index < -0.39 is 9.05 Å². The van der Waals surface area contributed by atoms with Gasteiger partial charge in [-0.05, 0) is 13.8 Å². The molecule has 0 aliphatic rings. The first-order valence-corrected chi connectivity index (χ1v) is 6.23. The number of hydrogen-bond donors (Lipinski definition) is 0. The van der Waals surface area contributed by atoms with Crippen molar-refractivity contribution in [1.82, 2.24) is 14.8 Å². The Morgan fingerprint density at radius 2 is 2.08 bits per heavy atom. The highest BCUT2D eigenvalue weighted by molar-refractivity contribution is 8.13. The van der Waals surface area contributed by atoms with Crippen LogP contribution in [-0.2, 0) is 21.3 Å². The predicted molar refractivity (Wildman–Crippen MR) is 48.9 cm³/mol. The topological polar surface area (TPSA) is 64.8 Å². The van der Waals surface area contributed by atoms with E-state index in [1.165, 1.54) is 0 Å². The standard InChI is InChI=1S/C6H10ClN3O2S/c1-3-10-5(2)8-9-6(10)4-13(7,11)12/h3-4H2,1-2H3. The van der Waals surface area contributed by atoms with E-state index in [1.54, 1.807) is 11.5 Å². The molecular formula is C6H10ClN3O2S. The molecule has 0 spiro atoms. The van der Waals surface area contributed by atoms with Gasteiger partial charge in [0.05, 0.1) is 0 Å². The van der Waals surface area contributed by atoms with Crippen LogP contribution in [0, 0.1) is 6.92 Å². The minimum atomic E-state index is -3.55. The second kappa shape index (κ2) is 3.63. The molecule has 0 radical (unpaired) electrons. The summed E-state index contributed by atoms with van der Waals surface area (Å²) in [6.45, 7) is 4.29. The Morgan fingerprint density at radius 1 is 1.46 bits per heavy atom. The maximum atomic E-state index is 10.8. The van der Waals surface area contributed by atoms with Gasteiger partial charge in [-0.2, -0.15) is 0 Å². The van der Waals surface area contributed by atoms with Gasteiger partial charge < -0.3 is 4.57 Å². The van der Waals surface area contributed by atoms with Crippen LogP contribution in [0.25, 0.3) is 0 Å². The molecule has 0 amide bonds. The summed E-state index contributed by atoms with van der Waals surface area (Å²) in [6.07, 6.45) is 0. The molecule has 0 saturated heterocycles. The van der Waals surface area contributed by atoms with Crippen molar-refractivity contribution in [2.75, 3.05) is 0 Å². The molecule has 0 saturated carbocycles. The smallest absolute Gasteiger partial charge is 0.239 e. The first kappa shape index (κ1) is 10.5. The van der Waals surface area contributed by atoms with Crippen molar-refractivity contribution in [2.24, 2.45) is 0 Å². The van der Waals surface area contributed by atoms with Gasteiger partial charge in [0, 0.05) is 17.2 Å². The molecule has 5 nitrogen and oxygen atoms in total. The van der Waals surface area contributed by atoms with Crippen LogP contribution in [0.4, 0.5) is 0 Å². The fourth-order valence-electron chi connectivity index (χ4n) is 1.10. The Bertz CT molecular complexity index is 398. The van der Waals surface area contributed by atoms with E-state index in [0.29, 0.717) is 18.2 Å². The van der Waals surface area contributed by atoms with Crippen LogP contribution in [0.5, 0.6) is 0 Å². The van der Waals surface area contributed by atoms with Gasteiger partial charge in [0.15, 0.2) is 0 Å². The average molecular weight is 224 g/mol. The third-order valence-corrected chi connectivity index (χ3v) is 2.56. The van der Waals surface area contributed by atoms with E-state index in [2.05, 4.69) is 10.2 Å². The molecule has 0 N–H and O–H groups in total. The number of nitrogens with zero attached hydrogens (tertiary/aromatic N) is 3. The summed E-state index contributed by atoms with van der Waals surface area (Å²) in [5.74, 6) is 0.802. The van der Waals surface area contributed by atoms with Gasteiger partial charge in [-0.1, -0.05) is 0 Å². The first-order valence-electron chi connectivity index (χ1n) is 3.75. The van der Waals surface area contributed by atoms with Crippen molar-refractivity contribution in [3.05, 3.63) is 11.6 Å². The molecule has 1 aromatic rings. The van der Waals surface area contributed by atoms with Gasteiger partial charge in [0.2, 0.25) is 9.05 Å². The van der Waals surface area contributed by atoms with Crippen LogP contribution in [0.1, 0.15) is 18.6 Å². The summed E-state index contributed by atoms with van der Waals surface area (Å²) in [4.78, 5) is 0. The van der Waals surface area contributed by atoms with Crippen molar-refractivity contribution in [3.8, 4) is 0 Å². The molecule has 0 aromatic carbocycles. The van der Waals surface area contributed by atoms with Gasteiger partial charge >= 0.3 is 0 Å². The molecule has 1 rings (SSSR count). The number of aromatic nitrogens is 3. The molecule has 7 heteroatoms. The molecule has 0 aliphatic carbocycles. The van der Waals surface area contributed by atoms with Gasteiger partial charge in [-0.3, -0.25) is 0 Å². The van der Waals surface area contributed by atoms with Gasteiger partial charge in [-0.15, -0.1) is 10.2 Å². The predicted octanol–water partition coefficient (Wildman–Crippen LogP) is 0.675. The van der Waals surface area contributed by atoms with Crippen molar-refractivity contribution in [1.29, 1.82) is 0 Å². The fraction of sp³-hybridized carbons (Fsp3) is 0.667. The normalized spacial score (nSPS) is 11.9. The van der Waals surface area contributed by atoms with Crippen molar-refractivity contribution < 1.29 is 8.42 Å². The molecule has 1 aromatic heterocycles. The van der Waals surface area contributed by atoms with Crippen molar-refractivity contribution in [3.63, 3.8) is 0 Å². The Balaban J connectivity index is 3.02. The molecular weight excluding hydrogens is 214 g/mol. The fourth-order valence-corrected chi connectivity index (χ4v) is 1.91. The third-order valence-electron chi connectivity index (χ3n) is 1.63. The number of rotatable bonds is 3. The Hall–Kier alpha value is -0.620. The van der Waals surface area contributed by atoms with E-state index in [4.69, 9.17) is 10.7 Å². The Kier molecular flexibility index (Phi) is 2.92. The van der Waals surface area contributed by atoms with Crippen LogP contribution in [0.2, 0.25) is 0 Å². The highest BCUT2D eigenvalue weighted by Gasteiger charge is 2.14. The lowest BCUT2D eigenvalue weighted by Gasteiger charge is -2.02. The van der Waals surface area contributed by atoms with Crippen molar-refractivity contribution >= 4 is 19.7 Å². The molecule has 0 fully saturated rings. The Labute approximate surface area is 81.2 Å². The summed E-state index contributed by atoms with van der Waals surface area (Å²) in [7, 11) is 1.55. The molecule has 0 unspecified atom stereocenters. The molecule has 1 heterocycles. The van der Waals surface area contributed by atoms with E-state index in [-0.39, 0.29) is 5.75 Å². The van der Waals surface area contributed by atoms with E-state index in [0.717, 1.165) is 0 Å².